The average molecular weight is 349 g/mol. The number of hydrogen-bond acceptors (Lipinski definition) is 1. The molecule has 0 atom stereocenters. The van der Waals surface area contributed by atoms with E-state index in [1.165, 1.54) is 0 Å². The molecule has 0 aromatic heterocycles. The molecule has 1 rings (SSSR count). The van der Waals surface area contributed by atoms with Gasteiger partial charge in [-0.3, -0.25) is 4.79 Å². The molecule has 0 bridgehead atoms. The van der Waals surface area contributed by atoms with Crippen molar-refractivity contribution in [1.29, 1.82) is 0 Å². The van der Waals surface area contributed by atoms with E-state index in [1.807, 2.05) is 22.6 Å². The maximum atomic E-state index is 10.6. The van der Waals surface area contributed by atoms with Crippen LogP contribution in [0.25, 0.3) is 0 Å². The number of halogens is 4. The molecule has 0 aliphatic carbocycles. The normalized spacial score (nSPS) is 10.2. The highest BCUT2D eigenvalue weighted by atomic mass is 127. The number of benzene rings is 1. The van der Waals surface area contributed by atoms with E-state index in [4.69, 9.17) is 34.8 Å². The van der Waals surface area contributed by atoms with E-state index in [0.29, 0.717) is 10.0 Å². The summed E-state index contributed by atoms with van der Waals surface area (Å²) in [5.41, 5.74) is 0.801. The van der Waals surface area contributed by atoms with Crippen LogP contribution in [-0.4, -0.2) is 5.24 Å². The highest BCUT2D eigenvalue weighted by molar-refractivity contribution is 14.1. The lowest BCUT2D eigenvalue weighted by Gasteiger charge is -2.04. The molecule has 0 N–H and O–H groups in total. The molecule has 0 saturated heterocycles. The third-order valence-electron chi connectivity index (χ3n) is 1.44. The molecule has 0 radical (unpaired) electrons. The van der Waals surface area contributed by atoms with Crippen LogP contribution >= 0.6 is 57.4 Å². The van der Waals surface area contributed by atoms with Crippen LogP contribution in [0, 0.1) is 3.57 Å². The Labute approximate surface area is 104 Å². The van der Waals surface area contributed by atoms with Crippen LogP contribution in [0.5, 0.6) is 0 Å². The Morgan fingerprint density at radius 1 is 1.38 bits per heavy atom. The average Bonchev–Trinajstić information content (AvgIpc) is 2.06. The maximum absolute atomic E-state index is 10.6. The van der Waals surface area contributed by atoms with Gasteiger partial charge in [0.2, 0.25) is 5.24 Å². The van der Waals surface area contributed by atoms with Gasteiger partial charge in [-0.1, -0.05) is 29.3 Å². The van der Waals surface area contributed by atoms with Gasteiger partial charge in [0.25, 0.3) is 0 Å². The van der Waals surface area contributed by atoms with Crippen LogP contribution in [-0.2, 0) is 11.2 Å². The molecule has 0 fully saturated rings. The summed E-state index contributed by atoms with van der Waals surface area (Å²) in [6.07, 6.45) is 0.177. The van der Waals surface area contributed by atoms with Crippen molar-refractivity contribution in [2.24, 2.45) is 0 Å². The van der Waals surface area contributed by atoms with Gasteiger partial charge in [0.1, 0.15) is 0 Å². The molecule has 0 heterocycles. The molecule has 70 valence electrons. The van der Waals surface area contributed by atoms with Crippen LogP contribution in [0.4, 0.5) is 0 Å². The summed E-state index contributed by atoms with van der Waals surface area (Å²) in [5.74, 6) is 0. The van der Waals surface area contributed by atoms with Gasteiger partial charge in [-0.05, 0) is 45.8 Å². The van der Waals surface area contributed by atoms with Gasteiger partial charge in [-0.15, -0.1) is 0 Å². The lowest BCUT2D eigenvalue weighted by atomic mass is 10.2. The molecule has 0 unspecified atom stereocenters. The number of rotatable bonds is 2. The fourth-order valence-electron chi connectivity index (χ4n) is 0.852. The van der Waals surface area contributed by atoms with E-state index in [0.717, 1.165) is 9.13 Å². The second-order valence-electron chi connectivity index (χ2n) is 2.37. The van der Waals surface area contributed by atoms with Crippen molar-refractivity contribution in [3.8, 4) is 0 Å². The first-order chi connectivity index (χ1) is 6.02. The van der Waals surface area contributed by atoms with Crippen molar-refractivity contribution < 1.29 is 4.79 Å². The van der Waals surface area contributed by atoms with Crippen LogP contribution in [0.1, 0.15) is 5.56 Å². The molecule has 1 aromatic carbocycles. The number of carbonyl (C=O) groups excluding carboxylic acids is 1. The zero-order valence-corrected chi connectivity index (χ0v) is 10.7. The first-order valence-electron chi connectivity index (χ1n) is 3.33. The summed E-state index contributed by atoms with van der Waals surface area (Å²) >= 11 is 18.9. The van der Waals surface area contributed by atoms with E-state index in [9.17, 15) is 4.79 Å². The zero-order valence-electron chi connectivity index (χ0n) is 6.28. The third kappa shape index (κ3) is 2.98. The number of hydrogen-bond donors (Lipinski definition) is 0. The Hall–Kier alpha value is 0.490. The largest absolute Gasteiger partial charge is 0.281 e. The van der Waals surface area contributed by atoms with Crippen LogP contribution in [0.15, 0.2) is 12.1 Å². The highest BCUT2D eigenvalue weighted by Gasteiger charge is 2.09. The molecule has 13 heavy (non-hydrogen) atoms. The van der Waals surface area contributed by atoms with Gasteiger partial charge >= 0.3 is 0 Å². The standard InChI is InChI=1S/C8H4Cl3IO/c9-5-2-1-4(3-6(10)13)8(12)7(5)11/h1-2H,3H2. The van der Waals surface area contributed by atoms with E-state index in [1.54, 1.807) is 12.1 Å². The van der Waals surface area contributed by atoms with Crippen molar-refractivity contribution in [3.05, 3.63) is 31.3 Å². The van der Waals surface area contributed by atoms with E-state index in [-0.39, 0.29) is 6.42 Å². The summed E-state index contributed by atoms with van der Waals surface area (Å²) in [4.78, 5) is 10.6. The number of carbonyl (C=O) groups is 1. The van der Waals surface area contributed by atoms with Crippen LogP contribution in [0.2, 0.25) is 10.0 Å². The predicted molar refractivity (Wildman–Crippen MR) is 63.7 cm³/mol. The Balaban J connectivity index is 3.10. The topological polar surface area (TPSA) is 17.1 Å². The van der Waals surface area contributed by atoms with Gasteiger partial charge in [-0.2, -0.15) is 0 Å². The van der Waals surface area contributed by atoms with Gasteiger partial charge in [0.15, 0.2) is 0 Å². The second-order valence-corrected chi connectivity index (χ2v) is 4.65. The van der Waals surface area contributed by atoms with Crippen molar-refractivity contribution >= 4 is 62.6 Å². The summed E-state index contributed by atoms with van der Waals surface area (Å²) in [6, 6.07) is 3.40. The van der Waals surface area contributed by atoms with Gasteiger partial charge < -0.3 is 0 Å². The minimum Gasteiger partial charge on any atom is -0.281 e. The lowest BCUT2D eigenvalue weighted by Crippen LogP contribution is -1.96. The quantitative estimate of drug-likeness (QED) is 0.450. The van der Waals surface area contributed by atoms with Crippen LogP contribution < -0.4 is 0 Å². The monoisotopic (exact) mass is 348 g/mol. The molecule has 0 spiro atoms. The Bertz CT molecular complexity index is 351. The Morgan fingerprint density at radius 3 is 2.54 bits per heavy atom. The van der Waals surface area contributed by atoms with E-state index >= 15 is 0 Å². The summed E-state index contributed by atoms with van der Waals surface area (Å²) in [5, 5.41) is 0.547. The van der Waals surface area contributed by atoms with Gasteiger partial charge in [-0.25, -0.2) is 0 Å². The Morgan fingerprint density at radius 2 is 2.00 bits per heavy atom. The second kappa shape index (κ2) is 4.82. The highest BCUT2D eigenvalue weighted by Crippen LogP contribution is 2.30. The minimum atomic E-state index is -0.406. The third-order valence-corrected chi connectivity index (χ3v) is 3.93. The molecule has 1 aromatic rings. The first-order valence-corrected chi connectivity index (χ1v) is 5.54. The SMILES string of the molecule is O=C(Cl)Cc1ccc(Cl)c(Cl)c1I. The lowest BCUT2D eigenvalue weighted by molar-refractivity contribution is -0.111. The summed E-state index contributed by atoms with van der Waals surface area (Å²) < 4.78 is 0.778. The molecule has 0 aliphatic rings. The van der Waals surface area contributed by atoms with Crippen molar-refractivity contribution in [2.75, 3.05) is 0 Å². The fraction of sp³-hybridized carbons (Fsp3) is 0.125. The molecule has 0 amide bonds. The molecule has 0 saturated carbocycles. The molecule has 0 aliphatic heterocycles. The fourth-order valence-corrected chi connectivity index (χ4v) is 2.16. The van der Waals surface area contributed by atoms with Crippen molar-refractivity contribution in [3.63, 3.8) is 0 Å². The maximum Gasteiger partial charge on any atom is 0.226 e. The van der Waals surface area contributed by atoms with E-state index < -0.39 is 5.24 Å². The molecule has 1 nitrogen and oxygen atoms in total. The molecule has 5 heteroatoms. The van der Waals surface area contributed by atoms with Crippen molar-refractivity contribution in [1.82, 2.24) is 0 Å². The van der Waals surface area contributed by atoms with Gasteiger partial charge in [0.05, 0.1) is 10.0 Å². The first kappa shape index (κ1) is 11.6. The molecular formula is C8H4Cl3IO. The smallest absolute Gasteiger partial charge is 0.226 e. The molecular weight excluding hydrogens is 345 g/mol. The van der Waals surface area contributed by atoms with Crippen molar-refractivity contribution in [2.45, 2.75) is 6.42 Å². The Kier molecular flexibility index (Phi) is 4.29. The summed E-state index contributed by atoms with van der Waals surface area (Å²) in [6.45, 7) is 0. The van der Waals surface area contributed by atoms with Crippen LogP contribution in [0.3, 0.4) is 0 Å². The summed E-state index contributed by atoms with van der Waals surface area (Å²) in [7, 11) is 0. The zero-order chi connectivity index (χ0) is 10.0. The van der Waals surface area contributed by atoms with Gasteiger partial charge in [0, 0.05) is 9.99 Å². The van der Waals surface area contributed by atoms with E-state index in [2.05, 4.69) is 0 Å². The minimum absolute atomic E-state index is 0.177. The predicted octanol–water partition coefficient (Wildman–Crippen LogP) is 3.91.